The van der Waals surface area contributed by atoms with Gasteiger partial charge in [0.25, 0.3) is 5.03 Å². The molecule has 0 aliphatic rings. The van der Waals surface area contributed by atoms with Gasteiger partial charge in [-0.15, -0.1) is 4.57 Å². The zero-order chi connectivity index (χ0) is 17.6. The van der Waals surface area contributed by atoms with Crippen LogP contribution in [-0.2, 0) is 12.3 Å². The zero-order valence-electron chi connectivity index (χ0n) is 14.0. The third-order valence-electron chi connectivity index (χ3n) is 3.99. The summed E-state index contributed by atoms with van der Waals surface area (Å²) in [5, 5.41) is 20.9. The fourth-order valence-electron chi connectivity index (χ4n) is 2.68. The molecule has 2 aromatic carbocycles. The van der Waals surface area contributed by atoms with E-state index in [1.807, 2.05) is 60.0 Å². The predicted molar refractivity (Wildman–Crippen MR) is 99.3 cm³/mol. The van der Waals surface area contributed by atoms with E-state index in [-0.39, 0.29) is 5.88 Å². The van der Waals surface area contributed by atoms with Crippen LogP contribution in [0.5, 0.6) is 5.88 Å². The van der Waals surface area contributed by atoms with Gasteiger partial charge in [0.1, 0.15) is 11.6 Å². The van der Waals surface area contributed by atoms with Gasteiger partial charge < -0.3 is 5.11 Å². The highest BCUT2D eigenvalue weighted by atomic mass is 32.2. The first kappa shape index (κ1) is 17.1. The SMILES string of the molecule is Cc1cc(O)[n+](Cc2ccccc2)c(SCc2ccccc2)c1C#N. The van der Waals surface area contributed by atoms with E-state index in [9.17, 15) is 10.4 Å². The van der Waals surface area contributed by atoms with Crippen molar-refractivity contribution in [1.82, 2.24) is 0 Å². The number of hydrogen-bond acceptors (Lipinski definition) is 3. The molecule has 0 saturated carbocycles. The number of aryl methyl sites for hydroxylation is 1. The van der Waals surface area contributed by atoms with Gasteiger partial charge in [-0.3, -0.25) is 0 Å². The number of rotatable bonds is 5. The Bertz CT molecular complexity index is 903. The number of pyridine rings is 1. The van der Waals surface area contributed by atoms with Crippen LogP contribution in [0.15, 0.2) is 71.8 Å². The fraction of sp³-hybridized carbons (Fsp3) is 0.143. The van der Waals surface area contributed by atoms with Crippen LogP contribution in [-0.4, -0.2) is 5.11 Å². The quantitative estimate of drug-likeness (QED) is 0.556. The second-order valence-corrected chi connectivity index (χ2v) is 6.79. The molecule has 1 N–H and O–H groups in total. The first-order valence-electron chi connectivity index (χ1n) is 8.06. The van der Waals surface area contributed by atoms with Crippen LogP contribution < -0.4 is 4.57 Å². The van der Waals surface area contributed by atoms with Crippen LogP contribution in [0, 0.1) is 18.3 Å². The summed E-state index contributed by atoms with van der Waals surface area (Å²) in [6.45, 7) is 2.39. The first-order valence-corrected chi connectivity index (χ1v) is 9.04. The Balaban J connectivity index is 1.99. The lowest BCUT2D eigenvalue weighted by molar-refractivity contribution is -0.730. The van der Waals surface area contributed by atoms with Gasteiger partial charge in [0.2, 0.25) is 0 Å². The van der Waals surface area contributed by atoms with Crippen molar-refractivity contribution in [2.45, 2.75) is 24.2 Å². The highest BCUT2D eigenvalue weighted by Crippen LogP contribution is 2.27. The standard InChI is InChI=1S/C21H18N2OS/c1-16-12-20(24)23(14-17-8-4-2-5-9-17)21(19(16)13-22)25-15-18-10-6-3-7-11-18/h2-12H,14-15H2,1H3/p+1. The summed E-state index contributed by atoms with van der Waals surface area (Å²) < 4.78 is 1.81. The van der Waals surface area contributed by atoms with Crippen molar-refractivity contribution < 1.29 is 9.67 Å². The molecule has 0 unspecified atom stereocenters. The molecule has 0 fully saturated rings. The minimum atomic E-state index is 0.177. The van der Waals surface area contributed by atoms with Crippen molar-refractivity contribution in [2.24, 2.45) is 0 Å². The molecule has 3 rings (SSSR count). The maximum Gasteiger partial charge on any atom is 0.366 e. The van der Waals surface area contributed by atoms with Crippen LogP contribution in [0.4, 0.5) is 0 Å². The molecule has 3 aromatic rings. The normalized spacial score (nSPS) is 10.4. The minimum absolute atomic E-state index is 0.177. The van der Waals surface area contributed by atoms with Crippen LogP contribution in [0.3, 0.4) is 0 Å². The summed E-state index contributed by atoms with van der Waals surface area (Å²) in [7, 11) is 0. The van der Waals surface area contributed by atoms with Crippen LogP contribution in [0.25, 0.3) is 0 Å². The Morgan fingerprint density at radius 3 is 2.20 bits per heavy atom. The fourth-order valence-corrected chi connectivity index (χ4v) is 3.84. The molecule has 3 nitrogen and oxygen atoms in total. The summed E-state index contributed by atoms with van der Waals surface area (Å²) in [6, 6.07) is 24.0. The Morgan fingerprint density at radius 1 is 1.00 bits per heavy atom. The lowest BCUT2D eigenvalue weighted by atomic mass is 10.1. The van der Waals surface area contributed by atoms with E-state index in [0.717, 1.165) is 21.9 Å². The number of nitrogens with zero attached hydrogens (tertiary/aromatic N) is 2. The Hall–Kier alpha value is -2.77. The molecule has 1 aromatic heterocycles. The first-order chi connectivity index (χ1) is 12.2. The van der Waals surface area contributed by atoms with Gasteiger partial charge in [-0.05, 0) is 18.1 Å². The maximum atomic E-state index is 10.5. The highest BCUT2D eigenvalue weighted by Gasteiger charge is 2.24. The van der Waals surface area contributed by atoms with Crippen LogP contribution >= 0.6 is 11.8 Å². The molecular weight excluding hydrogens is 328 g/mol. The monoisotopic (exact) mass is 347 g/mol. The molecule has 0 spiro atoms. The van der Waals surface area contributed by atoms with Crippen molar-refractivity contribution in [3.05, 3.63) is 89.0 Å². The van der Waals surface area contributed by atoms with E-state index in [1.54, 1.807) is 17.8 Å². The highest BCUT2D eigenvalue weighted by molar-refractivity contribution is 7.98. The average Bonchev–Trinajstić information content (AvgIpc) is 2.64. The summed E-state index contributed by atoms with van der Waals surface area (Å²) in [6.07, 6.45) is 0. The predicted octanol–water partition coefficient (Wildman–Crippen LogP) is 4.20. The molecule has 0 aliphatic heterocycles. The smallest absolute Gasteiger partial charge is 0.366 e. The molecular formula is C21H19N2OS+. The molecule has 0 aliphatic carbocycles. The van der Waals surface area contributed by atoms with E-state index >= 15 is 0 Å². The van der Waals surface area contributed by atoms with E-state index in [1.165, 1.54) is 5.56 Å². The number of nitriles is 1. The van der Waals surface area contributed by atoms with Crippen LogP contribution in [0.1, 0.15) is 22.3 Å². The summed E-state index contributed by atoms with van der Waals surface area (Å²) in [5.41, 5.74) is 3.68. The topological polar surface area (TPSA) is 47.9 Å². The number of thioether (sulfide) groups is 1. The van der Waals surface area contributed by atoms with Gasteiger partial charge in [0, 0.05) is 11.3 Å². The van der Waals surface area contributed by atoms with E-state index in [0.29, 0.717) is 12.1 Å². The third kappa shape index (κ3) is 4.01. The van der Waals surface area contributed by atoms with Gasteiger partial charge in [-0.1, -0.05) is 72.4 Å². The van der Waals surface area contributed by atoms with Gasteiger partial charge in [0.05, 0.1) is 6.07 Å². The molecule has 0 bridgehead atoms. The summed E-state index contributed by atoms with van der Waals surface area (Å²) >= 11 is 1.58. The van der Waals surface area contributed by atoms with Crippen molar-refractivity contribution in [2.75, 3.05) is 0 Å². The minimum Gasteiger partial charge on any atom is -0.460 e. The second-order valence-electron chi connectivity index (χ2n) is 5.82. The Morgan fingerprint density at radius 2 is 1.60 bits per heavy atom. The van der Waals surface area contributed by atoms with Crippen LogP contribution in [0.2, 0.25) is 0 Å². The second kappa shape index (κ2) is 7.87. The molecule has 0 saturated heterocycles. The van der Waals surface area contributed by atoms with Crippen molar-refractivity contribution in [1.29, 1.82) is 5.26 Å². The number of hydrogen-bond donors (Lipinski definition) is 1. The summed E-state index contributed by atoms with van der Waals surface area (Å²) in [4.78, 5) is 0. The molecule has 0 atom stereocenters. The number of aromatic hydroxyl groups is 1. The maximum absolute atomic E-state index is 10.5. The van der Waals surface area contributed by atoms with Gasteiger partial charge in [0.15, 0.2) is 6.54 Å². The lowest BCUT2D eigenvalue weighted by Crippen LogP contribution is -2.38. The van der Waals surface area contributed by atoms with Crippen molar-refractivity contribution in [3.8, 4) is 11.9 Å². The van der Waals surface area contributed by atoms with E-state index < -0.39 is 0 Å². The van der Waals surface area contributed by atoms with Crippen molar-refractivity contribution in [3.63, 3.8) is 0 Å². The third-order valence-corrected chi connectivity index (χ3v) is 5.16. The molecule has 1 heterocycles. The zero-order valence-corrected chi connectivity index (χ0v) is 14.8. The number of benzene rings is 2. The van der Waals surface area contributed by atoms with E-state index in [2.05, 4.69) is 18.2 Å². The molecule has 4 heteroatoms. The summed E-state index contributed by atoms with van der Waals surface area (Å²) in [5.74, 6) is 0.920. The average molecular weight is 347 g/mol. The molecule has 0 radical (unpaired) electrons. The van der Waals surface area contributed by atoms with Gasteiger partial charge in [-0.2, -0.15) is 5.26 Å². The van der Waals surface area contributed by atoms with E-state index in [4.69, 9.17) is 0 Å². The molecule has 124 valence electrons. The van der Waals surface area contributed by atoms with Gasteiger partial charge >= 0.3 is 5.88 Å². The van der Waals surface area contributed by atoms with Gasteiger partial charge in [-0.25, -0.2) is 0 Å². The Kier molecular flexibility index (Phi) is 5.37. The Labute approximate surface area is 152 Å². The largest absolute Gasteiger partial charge is 0.460 e. The van der Waals surface area contributed by atoms with Crippen molar-refractivity contribution >= 4 is 11.8 Å². The number of aromatic nitrogens is 1. The molecule has 0 amide bonds. The molecule has 25 heavy (non-hydrogen) atoms. The lowest BCUT2D eigenvalue weighted by Gasteiger charge is -2.09.